The molecule has 0 spiro atoms. The van der Waals surface area contributed by atoms with E-state index in [1.165, 1.54) is 18.0 Å². The first-order valence-corrected chi connectivity index (χ1v) is 9.84. The van der Waals surface area contributed by atoms with Crippen LogP contribution < -0.4 is 21.1 Å². The van der Waals surface area contributed by atoms with Gasteiger partial charge in [0.1, 0.15) is 18.7 Å². The molecule has 0 unspecified atom stereocenters. The second-order valence-corrected chi connectivity index (χ2v) is 6.83. The number of aromatic nitrogens is 2. The minimum absolute atomic E-state index is 0.234. The molecule has 0 bridgehead atoms. The van der Waals surface area contributed by atoms with Crippen LogP contribution in [0.3, 0.4) is 0 Å². The van der Waals surface area contributed by atoms with Crippen molar-refractivity contribution in [2.75, 3.05) is 26.8 Å². The Balaban J connectivity index is 1.94. The van der Waals surface area contributed by atoms with Crippen LogP contribution in [-0.2, 0) is 4.84 Å². The smallest absolute Gasteiger partial charge is 0.274 e. The summed E-state index contributed by atoms with van der Waals surface area (Å²) in [6.45, 7) is 6.16. The van der Waals surface area contributed by atoms with Crippen molar-refractivity contribution in [3.63, 3.8) is 0 Å². The maximum atomic E-state index is 13.2. The Bertz CT molecular complexity index is 1090. The van der Waals surface area contributed by atoms with Crippen molar-refractivity contribution in [3.8, 4) is 11.4 Å². The van der Waals surface area contributed by atoms with Gasteiger partial charge in [0, 0.05) is 12.1 Å². The lowest BCUT2D eigenvalue weighted by molar-refractivity contribution is 0.0537. The van der Waals surface area contributed by atoms with Crippen LogP contribution in [0.4, 0.5) is 0 Å². The maximum Gasteiger partial charge on any atom is 0.274 e. The van der Waals surface area contributed by atoms with E-state index in [0.29, 0.717) is 34.5 Å². The van der Waals surface area contributed by atoms with Gasteiger partial charge in [-0.1, -0.05) is 13.0 Å². The van der Waals surface area contributed by atoms with Gasteiger partial charge in [-0.2, -0.15) is 0 Å². The summed E-state index contributed by atoms with van der Waals surface area (Å²) in [7, 11) is 1.37. The van der Waals surface area contributed by atoms with Crippen molar-refractivity contribution in [1.82, 2.24) is 20.3 Å². The number of aryl methyl sites for hydroxylation is 1. The third-order valence-electron chi connectivity index (χ3n) is 4.63. The van der Waals surface area contributed by atoms with Gasteiger partial charge in [0.25, 0.3) is 11.5 Å². The number of nitrogens with one attached hydrogen (secondary N) is 2. The van der Waals surface area contributed by atoms with Crippen molar-refractivity contribution in [3.05, 3.63) is 64.2 Å². The fourth-order valence-corrected chi connectivity index (χ4v) is 3.07. The molecule has 158 valence electrons. The van der Waals surface area contributed by atoms with Crippen molar-refractivity contribution in [2.45, 2.75) is 20.3 Å². The molecule has 0 saturated carbocycles. The largest absolute Gasteiger partial charge is 0.492 e. The highest BCUT2D eigenvalue weighted by Gasteiger charge is 2.12. The van der Waals surface area contributed by atoms with Crippen molar-refractivity contribution in [1.29, 1.82) is 0 Å². The summed E-state index contributed by atoms with van der Waals surface area (Å²) in [5, 5.41) is 3.72. The van der Waals surface area contributed by atoms with Crippen LogP contribution in [0.2, 0.25) is 0 Å². The number of hydrogen-bond donors (Lipinski definition) is 2. The van der Waals surface area contributed by atoms with Crippen LogP contribution >= 0.6 is 0 Å². The van der Waals surface area contributed by atoms with Crippen LogP contribution in [0.1, 0.15) is 29.3 Å². The molecule has 0 aliphatic carbocycles. The molecule has 30 heavy (non-hydrogen) atoms. The Kier molecular flexibility index (Phi) is 7.16. The summed E-state index contributed by atoms with van der Waals surface area (Å²) >= 11 is 0. The van der Waals surface area contributed by atoms with Gasteiger partial charge in [0.05, 0.1) is 23.7 Å². The first-order chi connectivity index (χ1) is 14.5. The van der Waals surface area contributed by atoms with Crippen LogP contribution in [0, 0.1) is 6.92 Å². The average Bonchev–Trinajstić information content (AvgIpc) is 2.75. The minimum atomic E-state index is -0.395. The molecule has 3 aromatic rings. The van der Waals surface area contributed by atoms with Crippen LogP contribution in [-0.4, -0.2) is 42.3 Å². The van der Waals surface area contributed by atoms with E-state index in [4.69, 9.17) is 4.74 Å². The zero-order valence-electron chi connectivity index (χ0n) is 17.4. The van der Waals surface area contributed by atoms with Crippen LogP contribution in [0.15, 0.2) is 47.5 Å². The minimum Gasteiger partial charge on any atom is -0.492 e. The van der Waals surface area contributed by atoms with Gasteiger partial charge in [-0.15, -0.1) is 0 Å². The Labute approximate surface area is 174 Å². The molecule has 8 nitrogen and oxygen atoms in total. The van der Waals surface area contributed by atoms with Gasteiger partial charge in [-0.25, -0.2) is 10.5 Å². The number of hydroxylamine groups is 1. The third kappa shape index (κ3) is 4.84. The second-order valence-electron chi connectivity index (χ2n) is 6.83. The van der Waals surface area contributed by atoms with E-state index >= 15 is 0 Å². The van der Waals surface area contributed by atoms with E-state index in [1.807, 2.05) is 6.92 Å². The molecule has 0 saturated heterocycles. The number of hydrogen-bond acceptors (Lipinski definition) is 6. The van der Waals surface area contributed by atoms with E-state index in [1.54, 1.807) is 36.4 Å². The highest BCUT2D eigenvalue weighted by molar-refractivity contribution is 5.94. The molecule has 1 heterocycles. The first-order valence-electron chi connectivity index (χ1n) is 9.84. The van der Waals surface area contributed by atoms with Gasteiger partial charge < -0.3 is 10.1 Å². The van der Waals surface area contributed by atoms with E-state index in [-0.39, 0.29) is 5.56 Å². The number of nitrogens with zero attached hydrogens (tertiary/aromatic N) is 2. The SMILES string of the molecule is CCCNCCOc1ccc2ncn(-c3cc(C(=O)NOC)ccc3C)c(=O)c2c1. The molecule has 0 atom stereocenters. The normalized spacial score (nSPS) is 10.9. The predicted octanol–water partition coefficient (Wildman–Crippen LogP) is 2.36. The topological polar surface area (TPSA) is 94.5 Å². The van der Waals surface area contributed by atoms with Crippen molar-refractivity contribution in [2.24, 2.45) is 0 Å². The molecule has 3 rings (SSSR count). The van der Waals surface area contributed by atoms with Crippen LogP contribution in [0.25, 0.3) is 16.6 Å². The zero-order valence-corrected chi connectivity index (χ0v) is 17.4. The molecule has 2 N–H and O–H groups in total. The summed E-state index contributed by atoms with van der Waals surface area (Å²) in [6, 6.07) is 10.4. The molecule has 0 aliphatic rings. The van der Waals surface area contributed by atoms with Gasteiger partial charge >= 0.3 is 0 Å². The van der Waals surface area contributed by atoms with Gasteiger partial charge in [-0.3, -0.25) is 19.0 Å². The lowest BCUT2D eigenvalue weighted by Crippen LogP contribution is -2.23. The Morgan fingerprint density at radius 1 is 1.17 bits per heavy atom. The molecule has 1 aromatic heterocycles. The van der Waals surface area contributed by atoms with E-state index < -0.39 is 5.91 Å². The number of ether oxygens (including phenoxy) is 1. The average molecular weight is 410 g/mol. The summed E-state index contributed by atoms with van der Waals surface area (Å²) in [5.41, 5.74) is 4.42. The third-order valence-corrected chi connectivity index (χ3v) is 4.63. The van der Waals surface area contributed by atoms with Gasteiger partial charge in [-0.05, 0) is 55.8 Å². The molecular weight excluding hydrogens is 384 g/mol. The molecular formula is C22H26N4O4. The molecule has 8 heteroatoms. The summed E-state index contributed by atoms with van der Waals surface area (Å²) in [4.78, 5) is 34.4. The predicted molar refractivity (Wildman–Crippen MR) is 115 cm³/mol. The van der Waals surface area contributed by atoms with Gasteiger partial charge in [0.2, 0.25) is 0 Å². The summed E-state index contributed by atoms with van der Waals surface area (Å²) < 4.78 is 7.20. The Morgan fingerprint density at radius 3 is 2.77 bits per heavy atom. The number of rotatable bonds is 9. The number of carbonyl (C=O) groups excluding carboxylic acids is 1. The zero-order chi connectivity index (χ0) is 21.5. The van der Waals surface area contributed by atoms with Crippen LogP contribution in [0.5, 0.6) is 5.75 Å². The summed E-state index contributed by atoms with van der Waals surface area (Å²) in [5.74, 6) is 0.218. The molecule has 2 aromatic carbocycles. The highest BCUT2D eigenvalue weighted by atomic mass is 16.6. The molecule has 1 amide bonds. The Morgan fingerprint density at radius 2 is 2.00 bits per heavy atom. The highest BCUT2D eigenvalue weighted by Crippen LogP contribution is 2.19. The number of fused-ring (bicyclic) bond motifs is 1. The maximum absolute atomic E-state index is 13.2. The fourth-order valence-electron chi connectivity index (χ4n) is 3.07. The monoisotopic (exact) mass is 410 g/mol. The fraction of sp³-hybridized carbons (Fsp3) is 0.318. The molecule has 0 radical (unpaired) electrons. The summed E-state index contributed by atoms with van der Waals surface area (Å²) in [6.07, 6.45) is 2.54. The van der Waals surface area contributed by atoms with E-state index in [2.05, 4.69) is 27.5 Å². The number of carbonyl (C=O) groups is 1. The van der Waals surface area contributed by atoms with E-state index in [9.17, 15) is 9.59 Å². The Hall–Kier alpha value is -3.23. The molecule has 0 aliphatic heterocycles. The van der Waals surface area contributed by atoms with E-state index in [0.717, 1.165) is 25.1 Å². The lowest BCUT2D eigenvalue weighted by atomic mass is 10.1. The lowest BCUT2D eigenvalue weighted by Gasteiger charge is -2.12. The second kappa shape index (κ2) is 10.00. The molecule has 0 fully saturated rings. The number of amides is 1. The quantitative estimate of drug-likeness (QED) is 0.415. The standard InChI is InChI=1S/C22H26N4O4/c1-4-9-23-10-11-30-17-7-8-19-18(13-17)22(28)26(14-24-19)20-12-16(6-5-15(20)2)21(27)25-29-3/h5-8,12-14,23H,4,9-11H2,1-3H3,(H,25,27). The number of benzene rings is 2. The first kappa shape index (κ1) is 21.5. The van der Waals surface area contributed by atoms with Gasteiger partial charge in [0.15, 0.2) is 0 Å². The van der Waals surface area contributed by atoms with Crippen molar-refractivity contribution >= 4 is 16.8 Å². The van der Waals surface area contributed by atoms with Crippen molar-refractivity contribution < 1.29 is 14.4 Å².